The van der Waals surface area contributed by atoms with Crippen molar-refractivity contribution in [1.82, 2.24) is 0 Å². The number of aliphatic hydroxyl groups is 2. The van der Waals surface area contributed by atoms with Crippen LogP contribution in [0.5, 0.6) is 0 Å². The third kappa shape index (κ3) is 5.21. The normalized spacial score (nSPS) is 29.3. The van der Waals surface area contributed by atoms with E-state index < -0.39 is 58.1 Å². The number of aliphatic hydroxyl groups excluding tert-OH is 2. The second-order valence-corrected chi connectivity index (χ2v) is 10.8. The molecule has 2 aliphatic rings. The number of rotatable bonds is 5. The number of ether oxygens (including phenoxy) is 2. The van der Waals surface area contributed by atoms with Crippen LogP contribution in [0.2, 0.25) is 0 Å². The van der Waals surface area contributed by atoms with Gasteiger partial charge in [0.15, 0.2) is 5.04 Å². The Labute approximate surface area is 179 Å². The maximum Gasteiger partial charge on any atom is 0.363 e. The Hall–Kier alpha value is -1.50. The van der Waals surface area contributed by atoms with E-state index in [0.29, 0.717) is 0 Å². The maximum atomic E-state index is 12.4. The van der Waals surface area contributed by atoms with Crippen LogP contribution in [0.15, 0.2) is 34.2 Å². The van der Waals surface area contributed by atoms with E-state index in [1.165, 1.54) is 12.1 Å². The van der Waals surface area contributed by atoms with Gasteiger partial charge in [-0.1, -0.05) is 29.5 Å². The topological polar surface area (TPSA) is 132 Å². The zero-order chi connectivity index (χ0) is 22.3. The number of thioether (sulfide) groups is 1. The Morgan fingerprint density at radius 1 is 1.20 bits per heavy atom. The minimum absolute atomic E-state index is 0.0254. The van der Waals surface area contributed by atoms with Crippen molar-refractivity contribution in [2.24, 2.45) is 4.99 Å². The summed E-state index contributed by atoms with van der Waals surface area (Å²) in [6.45, 7) is 6.48. The molecule has 2 aliphatic heterocycles. The van der Waals surface area contributed by atoms with E-state index in [2.05, 4.69) is 4.99 Å². The average molecular weight is 460 g/mol. The molecule has 0 aromatic heterocycles. The smallest absolute Gasteiger partial charge is 0.363 e. The molecule has 1 fully saturated rings. The van der Waals surface area contributed by atoms with Crippen LogP contribution in [0.25, 0.3) is 0 Å². The first-order chi connectivity index (χ1) is 13.9. The molecule has 1 aromatic rings. The van der Waals surface area contributed by atoms with E-state index in [-0.39, 0.29) is 9.94 Å². The van der Waals surface area contributed by atoms with Crippen molar-refractivity contribution < 1.29 is 37.1 Å². The summed E-state index contributed by atoms with van der Waals surface area (Å²) in [6.07, 6.45) is -3.92. The molecule has 1 saturated heterocycles. The van der Waals surface area contributed by atoms with E-state index in [9.17, 15) is 23.4 Å². The number of esters is 1. The predicted molar refractivity (Wildman–Crippen MR) is 110 cm³/mol. The second-order valence-electron chi connectivity index (χ2n) is 8.12. The summed E-state index contributed by atoms with van der Waals surface area (Å²) in [6, 6.07) is 5.24. The molecule has 1 aromatic carbocycles. The molecule has 2 heterocycles. The molecule has 0 bridgehead atoms. The van der Waals surface area contributed by atoms with Gasteiger partial charge in [-0.3, -0.25) is 9.18 Å². The molecule has 0 aliphatic carbocycles. The molecule has 9 nitrogen and oxygen atoms in total. The summed E-state index contributed by atoms with van der Waals surface area (Å²) in [5, 5.41) is 20.8. The molecular weight excluding hydrogens is 434 g/mol. The van der Waals surface area contributed by atoms with E-state index in [1.54, 1.807) is 32.9 Å². The predicted octanol–water partition coefficient (Wildman–Crippen LogP) is 1.00. The molecule has 0 amide bonds. The van der Waals surface area contributed by atoms with Gasteiger partial charge in [-0.05, 0) is 39.8 Å². The Bertz CT molecular complexity index is 923. The van der Waals surface area contributed by atoms with E-state index in [4.69, 9.17) is 13.7 Å². The fourth-order valence-corrected chi connectivity index (χ4v) is 4.94. The minimum atomic E-state index is -4.07. The molecule has 30 heavy (non-hydrogen) atoms. The molecule has 166 valence electrons. The van der Waals surface area contributed by atoms with Crippen molar-refractivity contribution in [3.05, 3.63) is 29.8 Å². The van der Waals surface area contributed by atoms with Crippen LogP contribution in [-0.4, -0.2) is 71.6 Å². The molecule has 5 atom stereocenters. The van der Waals surface area contributed by atoms with Gasteiger partial charge in [-0.2, -0.15) is 8.42 Å². The van der Waals surface area contributed by atoms with Gasteiger partial charge in [0.1, 0.15) is 35.4 Å². The van der Waals surface area contributed by atoms with Gasteiger partial charge in [0.05, 0.1) is 11.5 Å². The molecule has 11 heteroatoms. The SMILES string of the molecule is Cc1ccc(S(=O)(=O)OC[C@H]2O[C@@H]3SC(C(=O)OC(C)(C)C)=N[C@@H]3[C@@H](O)[C@@H]2O)cc1. The molecule has 0 radical (unpaired) electrons. The number of aryl methyl sites for hydroxylation is 1. The highest BCUT2D eigenvalue weighted by atomic mass is 32.2. The number of nitrogens with zero attached hydrogens (tertiary/aromatic N) is 1. The molecule has 0 unspecified atom stereocenters. The fraction of sp³-hybridized carbons (Fsp3) is 0.579. The van der Waals surface area contributed by atoms with Gasteiger partial charge < -0.3 is 19.7 Å². The summed E-state index contributed by atoms with van der Waals surface area (Å²) in [5.74, 6) is -0.651. The van der Waals surface area contributed by atoms with Crippen molar-refractivity contribution in [3.63, 3.8) is 0 Å². The van der Waals surface area contributed by atoms with Gasteiger partial charge >= 0.3 is 5.97 Å². The lowest BCUT2D eigenvalue weighted by Crippen LogP contribution is -2.56. The quantitative estimate of drug-likeness (QED) is 0.489. The van der Waals surface area contributed by atoms with Gasteiger partial charge in [-0.25, -0.2) is 4.79 Å². The number of hydrogen-bond acceptors (Lipinski definition) is 10. The zero-order valence-corrected chi connectivity index (χ0v) is 18.6. The number of fused-ring (bicyclic) bond motifs is 1. The Kier molecular flexibility index (Phi) is 6.61. The monoisotopic (exact) mass is 459 g/mol. The second kappa shape index (κ2) is 8.56. The van der Waals surface area contributed by atoms with Gasteiger partial charge in [0.25, 0.3) is 10.1 Å². The van der Waals surface area contributed by atoms with Crippen molar-refractivity contribution in [2.45, 2.75) is 68.0 Å². The lowest BCUT2D eigenvalue weighted by atomic mass is 9.99. The number of carbonyl (C=O) groups excluding carboxylic acids is 1. The van der Waals surface area contributed by atoms with Crippen molar-refractivity contribution in [3.8, 4) is 0 Å². The molecular formula is C19H25NO8S2. The number of carbonyl (C=O) groups is 1. The highest BCUT2D eigenvalue weighted by Crippen LogP contribution is 2.37. The molecule has 2 N–H and O–H groups in total. The minimum Gasteiger partial charge on any atom is -0.455 e. The first-order valence-electron chi connectivity index (χ1n) is 9.33. The summed E-state index contributed by atoms with van der Waals surface area (Å²) in [7, 11) is -4.07. The van der Waals surface area contributed by atoms with Crippen molar-refractivity contribution >= 4 is 32.9 Å². The lowest BCUT2D eigenvalue weighted by Gasteiger charge is -2.37. The van der Waals surface area contributed by atoms with Crippen LogP contribution in [0.4, 0.5) is 0 Å². The van der Waals surface area contributed by atoms with Crippen LogP contribution in [0, 0.1) is 6.92 Å². The average Bonchev–Trinajstić information content (AvgIpc) is 3.07. The number of hydrogen-bond donors (Lipinski definition) is 2. The molecule has 3 rings (SSSR count). The molecule has 0 saturated carbocycles. The highest BCUT2D eigenvalue weighted by molar-refractivity contribution is 8.16. The van der Waals surface area contributed by atoms with Crippen LogP contribution in [-0.2, 0) is 28.6 Å². The standard InChI is InChI=1S/C19H25NO8S2/c1-10-5-7-11(8-6-10)30(24,25)26-9-12-14(21)15(22)13-18(27-12)29-16(20-13)17(23)28-19(2,3)4/h5-8,12-15,18,21-22H,9H2,1-4H3/t12-,13-,14-,15-,18-/m1/s1. The molecule has 0 spiro atoms. The first-order valence-corrected chi connectivity index (χ1v) is 11.6. The third-order valence-corrected chi connectivity index (χ3v) is 6.85. The Morgan fingerprint density at radius 3 is 2.43 bits per heavy atom. The third-order valence-electron chi connectivity index (χ3n) is 4.43. The van der Waals surface area contributed by atoms with Gasteiger partial charge in [0, 0.05) is 0 Å². The van der Waals surface area contributed by atoms with Crippen LogP contribution >= 0.6 is 11.8 Å². The van der Waals surface area contributed by atoms with Crippen LogP contribution in [0.3, 0.4) is 0 Å². The van der Waals surface area contributed by atoms with E-state index in [1.807, 2.05) is 6.92 Å². The van der Waals surface area contributed by atoms with Gasteiger partial charge in [0.2, 0.25) is 0 Å². The number of benzene rings is 1. The van der Waals surface area contributed by atoms with E-state index >= 15 is 0 Å². The Balaban J connectivity index is 1.65. The fourth-order valence-electron chi connectivity index (χ4n) is 2.92. The highest BCUT2D eigenvalue weighted by Gasteiger charge is 2.50. The maximum absolute atomic E-state index is 12.4. The number of aliphatic imine (C=N–C) groups is 1. The summed E-state index contributed by atoms with van der Waals surface area (Å²) >= 11 is 0.961. The van der Waals surface area contributed by atoms with Crippen molar-refractivity contribution in [2.75, 3.05) is 6.61 Å². The summed E-state index contributed by atoms with van der Waals surface area (Å²) in [4.78, 5) is 16.3. The summed E-state index contributed by atoms with van der Waals surface area (Å²) < 4.78 is 40.7. The van der Waals surface area contributed by atoms with Crippen LogP contribution in [0.1, 0.15) is 26.3 Å². The van der Waals surface area contributed by atoms with Crippen molar-refractivity contribution in [1.29, 1.82) is 0 Å². The largest absolute Gasteiger partial charge is 0.455 e. The van der Waals surface area contributed by atoms with E-state index in [0.717, 1.165) is 17.3 Å². The summed E-state index contributed by atoms with van der Waals surface area (Å²) in [5.41, 5.74) is -0.594. The first kappa shape index (κ1) is 23.2. The zero-order valence-electron chi connectivity index (χ0n) is 17.0. The van der Waals surface area contributed by atoms with Gasteiger partial charge in [-0.15, -0.1) is 0 Å². The van der Waals surface area contributed by atoms with Crippen LogP contribution < -0.4 is 0 Å². The Morgan fingerprint density at radius 2 is 1.83 bits per heavy atom. The lowest BCUT2D eigenvalue weighted by molar-refractivity contribution is -0.161.